The minimum Gasteiger partial charge on any atom is -0.360 e. The first kappa shape index (κ1) is 16.7. The molecule has 25 heavy (non-hydrogen) atoms. The van der Waals surface area contributed by atoms with Gasteiger partial charge in [0.25, 0.3) is 5.91 Å². The summed E-state index contributed by atoms with van der Waals surface area (Å²) in [5.74, 6) is -0.998. The lowest BCUT2D eigenvalue weighted by atomic mass is 10.1. The van der Waals surface area contributed by atoms with Gasteiger partial charge in [-0.25, -0.2) is 5.01 Å². The highest BCUT2D eigenvalue weighted by Crippen LogP contribution is 2.32. The van der Waals surface area contributed by atoms with Crippen molar-refractivity contribution in [2.45, 2.75) is 6.18 Å². The van der Waals surface area contributed by atoms with E-state index >= 15 is 0 Å². The van der Waals surface area contributed by atoms with Gasteiger partial charge in [0.2, 0.25) is 5.91 Å². The van der Waals surface area contributed by atoms with Crippen molar-refractivity contribution in [3.8, 4) is 0 Å². The molecule has 1 fully saturated rings. The Morgan fingerprint density at radius 3 is 2.56 bits per heavy atom. The third kappa shape index (κ3) is 3.70. The largest absolute Gasteiger partial charge is 0.416 e. The zero-order valence-electron chi connectivity index (χ0n) is 12.8. The number of alkyl halides is 3. The Labute approximate surface area is 140 Å². The number of aromatic nitrogens is 1. The van der Waals surface area contributed by atoms with E-state index in [9.17, 15) is 22.8 Å². The molecule has 0 radical (unpaired) electrons. The predicted octanol–water partition coefficient (Wildman–Crippen LogP) is 2.24. The van der Waals surface area contributed by atoms with E-state index < -0.39 is 23.6 Å². The number of nitrogens with one attached hydrogen (secondary N) is 1. The third-order valence-corrected chi connectivity index (χ3v) is 3.61. The Kier molecular flexibility index (Phi) is 4.30. The number of halogens is 3. The van der Waals surface area contributed by atoms with Crippen molar-refractivity contribution < 1.29 is 22.8 Å². The van der Waals surface area contributed by atoms with Gasteiger partial charge in [0, 0.05) is 11.9 Å². The molecule has 9 heteroatoms. The molecule has 3 rings (SSSR count). The van der Waals surface area contributed by atoms with E-state index in [4.69, 9.17) is 0 Å². The second-order valence-corrected chi connectivity index (χ2v) is 5.35. The molecule has 1 aromatic heterocycles. The first-order valence-electron chi connectivity index (χ1n) is 7.30. The molecule has 0 atom stereocenters. The number of carbonyl (C=O) groups is 2. The second-order valence-electron chi connectivity index (χ2n) is 5.35. The van der Waals surface area contributed by atoms with E-state index in [1.54, 1.807) is 18.3 Å². The highest BCUT2D eigenvalue weighted by molar-refractivity contribution is 6.04. The Balaban J connectivity index is 1.77. The highest BCUT2D eigenvalue weighted by Gasteiger charge is 2.34. The molecule has 130 valence electrons. The number of nitrogens with zero attached hydrogens (tertiary/aromatic N) is 3. The van der Waals surface area contributed by atoms with Crippen LogP contribution in [0.15, 0.2) is 47.7 Å². The van der Waals surface area contributed by atoms with E-state index in [0.29, 0.717) is 5.69 Å². The summed E-state index contributed by atoms with van der Waals surface area (Å²) >= 11 is 0. The van der Waals surface area contributed by atoms with Gasteiger partial charge >= 0.3 is 6.18 Å². The van der Waals surface area contributed by atoms with Crippen molar-refractivity contribution in [2.75, 3.05) is 18.0 Å². The summed E-state index contributed by atoms with van der Waals surface area (Å²) in [7, 11) is 0. The summed E-state index contributed by atoms with van der Waals surface area (Å²) in [6.07, 6.45) is -1.45. The molecule has 2 amide bonds. The Hall–Kier alpha value is -3.10. The Morgan fingerprint density at radius 1 is 1.08 bits per heavy atom. The molecule has 0 bridgehead atoms. The number of hydrogen-bond donors (Lipinski definition) is 1. The molecule has 0 saturated carbocycles. The van der Waals surface area contributed by atoms with E-state index in [1.807, 2.05) is 0 Å². The Bertz CT molecular complexity index is 815. The number of rotatable bonds is 3. The molecular weight excluding hydrogens is 337 g/mol. The van der Waals surface area contributed by atoms with Crippen LogP contribution in [0.4, 0.5) is 18.9 Å². The van der Waals surface area contributed by atoms with Gasteiger partial charge in [0.1, 0.15) is 13.1 Å². The summed E-state index contributed by atoms with van der Waals surface area (Å²) in [4.78, 5) is 28.3. The summed E-state index contributed by atoms with van der Waals surface area (Å²) in [6, 6.07) is 7.80. The van der Waals surface area contributed by atoms with Crippen LogP contribution in [-0.2, 0) is 15.8 Å². The van der Waals surface area contributed by atoms with Crippen molar-refractivity contribution in [3.05, 3.63) is 53.9 Å². The molecule has 6 nitrogen and oxygen atoms in total. The van der Waals surface area contributed by atoms with E-state index in [2.05, 4.69) is 10.1 Å². The second kappa shape index (κ2) is 6.42. The van der Waals surface area contributed by atoms with Crippen LogP contribution in [0.5, 0.6) is 0 Å². The molecular formula is C16H13F3N4O2. The fraction of sp³-hybridized carbons (Fsp3) is 0.188. The van der Waals surface area contributed by atoms with Gasteiger partial charge < -0.3 is 9.88 Å². The lowest BCUT2D eigenvalue weighted by molar-refractivity contribution is -0.138. The van der Waals surface area contributed by atoms with E-state index in [1.165, 1.54) is 18.3 Å². The number of carbonyl (C=O) groups excluding carboxylic acids is 2. The Morgan fingerprint density at radius 2 is 1.88 bits per heavy atom. The van der Waals surface area contributed by atoms with Crippen LogP contribution in [0.25, 0.3) is 0 Å². The maximum Gasteiger partial charge on any atom is 0.416 e. The van der Waals surface area contributed by atoms with Gasteiger partial charge in [-0.15, -0.1) is 0 Å². The van der Waals surface area contributed by atoms with Crippen molar-refractivity contribution in [3.63, 3.8) is 0 Å². The summed E-state index contributed by atoms with van der Waals surface area (Å²) in [5, 5.41) is 4.94. The molecule has 2 heterocycles. The number of amides is 2. The molecule has 1 aromatic carbocycles. The first-order valence-corrected chi connectivity index (χ1v) is 7.30. The number of benzene rings is 1. The van der Waals surface area contributed by atoms with Crippen molar-refractivity contribution in [2.24, 2.45) is 5.10 Å². The topological polar surface area (TPSA) is 68.8 Å². The number of aromatic amines is 1. The molecule has 0 spiro atoms. The zero-order chi connectivity index (χ0) is 18.0. The molecule has 2 aromatic rings. The van der Waals surface area contributed by atoms with Gasteiger partial charge in [0.15, 0.2) is 0 Å². The van der Waals surface area contributed by atoms with Crippen molar-refractivity contribution in [1.82, 2.24) is 9.99 Å². The van der Waals surface area contributed by atoms with Gasteiger partial charge in [-0.2, -0.15) is 18.3 Å². The molecule has 0 unspecified atom stereocenters. The van der Waals surface area contributed by atoms with E-state index in [-0.39, 0.29) is 18.8 Å². The normalized spacial score (nSPS) is 16.1. The van der Waals surface area contributed by atoms with E-state index in [0.717, 1.165) is 22.0 Å². The summed E-state index contributed by atoms with van der Waals surface area (Å²) < 4.78 is 38.4. The predicted molar refractivity (Wildman–Crippen MR) is 83.9 cm³/mol. The third-order valence-electron chi connectivity index (χ3n) is 3.61. The molecule has 1 N–H and O–H groups in total. The molecule has 1 saturated heterocycles. The van der Waals surface area contributed by atoms with Crippen LogP contribution >= 0.6 is 0 Å². The average Bonchev–Trinajstić information content (AvgIpc) is 3.08. The first-order chi connectivity index (χ1) is 11.8. The standard InChI is InChI=1S/C16H13F3N4O2/c17-16(18,19)11-3-1-5-13(7-11)22-9-15(25)23(10-14(22)24)21-8-12-4-2-6-20-12/h1-8,20H,9-10H2/b21-8-. The zero-order valence-corrected chi connectivity index (χ0v) is 12.8. The smallest absolute Gasteiger partial charge is 0.360 e. The average molecular weight is 350 g/mol. The lowest BCUT2D eigenvalue weighted by Crippen LogP contribution is -2.52. The minimum atomic E-state index is -4.52. The van der Waals surface area contributed by atoms with Crippen molar-refractivity contribution >= 4 is 23.7 Å². The van der Waals surface area contributed by atoms with Crippen LogP contribution in [-0.4, -0.2) is 41.1 Å². The van der Waals surface area contributed by atoms with Crippen LogP contribution < -0.4 is 4.90 Å². The van der Waals surface area contributed by atoms with Crippen LogP contribution in [0, 0.1) is 0 Å². The fourth-order valence-electron chi connectivity index (χ4n) is 2.35. The van der Waals surface area contributed by atoms with Crippen molar-refractivity contribution in [1.29, 1.82) is 0 Å². The van der Waals surface area contributed by atoms with Gasteiger partial charge in [-0.1, -0.05) is 6.07 Å². The monoisotopic (exact) mass is 350 g/mol. The SMILES string of the molecule is O=C1CN(c2cccc(C(F)(F)F)c2)C(=O)CN1/N=C\c1ccc[nH]1. The fourth-order valence-corrected chi connectivity index (χ4v) is 2.35. The maximum absolute atomic E-state index is 12.8. The molecule has 0 aliphatic carbocycles. The van der Waals surface area contributed by atoms with Gasteiger partial charge in [-0.3, -0.25) is 9.59 Å². The number of anilines is 1. The lowest BCUT2D eigenvalue weighted by Gasteiger charge is -2.31. The molecule has 1 aliphatic rings. The summed E-state index contributed by atoms with van der Waals surface area (Å²) in [6.45, 7) is -0.714. The van der Waals surface area contributed by atoms with Gasteiger partial charge in [-0.05, 0) is 30.3 Å². The number of hydrazone groups is 1. The van der Waals surface area contributed by atoms with Gasteiger partial charge in [0.05, 0.1) is 17.5 Å². The maximum atomic E-state index is 12.8. The quantitative estimate of drug-likeness (QED) is 0.863. The number of H-pyrrole nitrogens is 1. The number of piperazine rings is 1. The molecule has 1 aliphatic heterocycles. The van der Waals surface area contributed by atoms with Crippen LogP contribution in [0.1, 0.15) is 11.3 Å². The number of hydrogen-bond acceptors (Lipinski definition) is 3. The minimum absolute atomic E-state index is 0.0289. The van der Waals surface area contributed by atoms with Crippen LogP contribution in [0.2, 0.25) is 0 Å². The summed E-state index contributed by atoms with van der Waals surface area (Å²) in [5.41, 5.74) is -0.195. The highest BCUT2D eigenvalue weighted by atomic mass is 19.4. The van der Waals surface area contributed by atoms with Crippen LogP contribution in [0.3, 0.4) is 0 Å².